The third kappa shape index (κ3) is 8.93. The first-order valence-corrected chi connectivity index (χ1v) is 14.6. The molecular formula is C34H39N5O4. The van der Waals surface area contributed by atoms with Crippen LogP contribution in [-0.2, 0) is 38.4 Å². The van der Waals surface area contributed by atoms with E-state index in [1.54, 1.807) is 6.20 Å². The van der Waals surface area contributed by atoms with Crippen LogP contribution in [0.1, 0.15) is 37.1 Å². The van der Waals surface area contributed by atoms with E-state index >= 15 is 0 Å². The van der Waals surface area contributed by atoms with Crippen LogP contribution in [0.4, 0.5) is 0 Å². The number of rotatable bonds is 15. The average molecular weight is 582 g/mol. The molecule has 0 aliphatic rings. The second-order valence-electron chi connectivity index (χ2n) is 11.3. The molecule has 1 heterocycles. The molecule has 3 aromatic carbocycles. The van der Waals surface area contributed by atoms with Crippen molar-refractivity contribution in [3.8, 4) is 0 Å². The van der Waals surface area contributed by atoms with Crippen LogP contribution in [0.3, 0.4) is 0 Å². The van der Waals surface area contributed by atoms with E-state index in [2.05, 4.69) is 20.6 Å². The zero-order valence-electron chi connectivity index (χ0n) is 24.6. The first kappa shape index (κ1) is 31.3. The molecule has 0 aliphatic heterocycles. The van der Waals surface area contributed by atoms with Crippen molar-refractivity contribution in [2.45, 2.75) is 51.6 Å². The summed E-state index contributed by atoms with van der Waals surface area (Å²) in [6.07, 6.45) is 3.94. The predicted octanol–water partition coefficient (Wildman–Crippen LogP) is 3.32. The molecule has 5 N–H and O–H groups in total. The third-order valence-electron chi connectivity index (χ3n) is 7.39. The summed E-state index contributed by atoms with van der Waals surface area (Å²) in [6.45, 7) is 3.90. The number of aromatic nitrogens is 2. The molecule has 0 fully saturated rings. The van der Waals surface area contributed by atoms with Gasteiger partial charge >= 0.3 is 0 Å². The molecule has 0 spiro atoms. The lowest BCUT2D eigenvalue weighted by Gasteiger charge is -2.24. The number of H-pyrrole nitrogens is 1. The number of nitrogens with one attached hydrogen (secondary N) is 3. The van der Waals surface area contributed by atoms with Crippen LogP contribution < -0.4 is 16.4 Å². The lowest BCUT2D eigenvalue weighted by molar-refractivity contribution is -0.140. The van der Waals surface area contributed by atoms with Crippen LogP contribution >= 0.6 is 0 Å². The monoisotopic (exact) mass is 581 g/mol. The van der Waals surface area contributed by atoms with E-state index in [0.717, 1.165) is 21.9 Å². The molecule has 4 aromatic rings. The van der Waals surface area contributed by atoms with E-state index in [-0.39, 0.29) is 37.6 Å². The average Bonchev–Trinajstić information content (AvgIpc) is 3.51. The van der Waals surface area contributed by atoms with E-state index < -0.39 is 35.5 Å². The number of Topliss-reactive ketones (excluding diaryl/α,β-unsaturated/α-hetero) is 2. The fourth-order valence-electron chi connectivity index (χ4n) is 5.15. The highest BCUT2D eigenvalue weighted by atomic mass is 16.2. The smallest absolute Gasteiger partial charge is 0.225 e. The van der Waals surface area contributed by atoms with Crippen LogP contribution in [0.15, 0.2) is 85.3 Å². The Hall–Kier alpha value is -4.63. The number of amides is 2. The van der Waals surface area contributed by atoms with Crippen molar-refractivity contribution in [3.63, 3.8) is 0 Å². The molecule has 9 nitrogen and oxygen atoms in total. The molecular weight excluding hydrogens is 542 g/mol. The molecule has 0 bridgehead atoms. The van der Waals surface area contributed by atoms with E-state index in [9.17, 15) is 19.2 Å². The molecule has 0 saturated carbocycles. The number of imidazole rings is 1. The summed E-state index contributed by atoms with van der Waals surface area (Å²) >= 11 is 0. The van der Waals surface area contributed by atoms with Gasteiger partial charge in [-0.15, -0.1) is 0 Å². The quantitative estimate of drug-likeness (QED) is 0.158. The van der Waals surface area contributed by atoms with Gasteiger partial charge in [-0.3, -0.25) is 19.2 Å². The molecule has 1 unspecified atom stereocenters. The summed E-state index contributed by atoms with van der Waals surface area (Å²) in [5.74, 6) is -2.75. The minimum Gasteiger partial charge on any atom is -0.355 e. The van der Waals surface area contributed by atoms with E-state index in [4.69, 9.17) is 5.73 Å². The first-order chi connectivity index (χ1) is 20.7. The van der Waals surface area contributed by atoms with Gasteiger partial charge in [0, 0.05) is 24.9 Å². The van der Waals surface area contributed by atoms with Crippen LogP contribution in [0.2, 0.25) is 0 Å². The van der Waals surface area contributed by atoms with E-state index in [1.165, 1.54) is 6.33 Å². The second kappa shape index (κ2) is 15.0. The van der Waals surface area contributed by atoms with Crippen LogP contribution in [-0.4, -0.2) is 52.0 Å². The van der Waals surface area contributed by atoms with Crippen molar-refractivity contribution in [2.24, 2.45) is 17.6 Å². The number of hydrogen-bond acceptors (Lipinski definition) is 6. The Bertz CT molecular complexity index is 1530. The summed E-state index contributed by atoms with van der Waals surface area (Å²) in [5.41, 5.74) is 8.52. The molecule has 43 heavy (non-hydrogen) atoms. The Labute approximate surface area is 251 Å². The summed E-state index contributed by atoms with van der Waals surface area (Å²) < 4.78 is 0. The van der Waals surface area contributed by atoms with Crippen molar-refractivity contribution in [2.75, 3.05) is 6.54 Å². The lowest BCUT2D eigenvalue weighted by Crippen LogP contribution is -2.52. The molecule has 0 saturated heterocycles. The van der Waals surface area contributed by atoms with Crippen molar-refractivity contribution >= 4 is 34.2 Å². The number of ketones is 2. The zero-order valence-corrected chi connectivity index (χ0v) is 24.6. The Morgan fingerprint density at radius 3 is 2.33 bits per heavy atom. The standard InChI is InChI=1S/C34H39N5O4/c1-22(2)15-30(33(42)32(41)29(35)18-27-20-36-21-38-27)39-34(43)26(16-23-9-4-3-5-10-23)19-37-31(40)17-25-13-8-12-24-11-6-7-14-28(24)25/h3-14,20-22,26,29-30H,15-19,35H2,1-2H3,(H,36,38)(H,37,40)(H,39,43)/t26?,29-,30-/m0/s1. The Balaban J connectivity index is 1.46. The molecule has 4 rings (SSSR count). The van der Waals surface area contributed by atoms with Gasteiger partial charge in [0.2, 0.25) is 23.4 Å². The van der Waals surface area contributed by atoms with E-state index in [1.807, 2.05) is 86.6 Å². The van der Waals surface area contributed by atoms with Gasteiger partial charge in [0.25, 0.3) is 0 Å². The maximum absolute atomic E-state index is 13.7. The number of carbonyl (C=O) groups excluding carboxylic acids is 4. The summed E-state index contributed by atoms with van der Waals surface area (Å²) in [7, 11) is 0. The SMILES string of the molecule is CC(C)C[C@H](NC(=O)C(CNC(=O)Cc1cccc2ccccc12)Cc1ccccc1)C(=O)C(=O)[C@@H](N)Cc1cnc[nH]1. The minimum absolute atomic E-state index is 0.0267. The maximum atomic E-state index is 13.7. The van der Waals surface area contributed by atoms with E-state index in [0.29, 0.717) is 12.1 Å². The number of carbonyl (C=O) groups is 4. The summed E-state index contributed by atoms with van der Waals surface area (Å²) in [6, 6.07) is 21.1. The maximum Gasteiger partial charge on any atom is 0.225 e. The Morgan fingerprint density at radius 1 is 0.884 bits per heavy atom. The topological polar surface area (TPSA) is 147 Å². The number of benzene rings is 3. The van der Waals surface area contributed by atoms with Gasteiger partial charge in [-0.25, -0.2) is 4.98 Å². The highest BCUT2D eigenvalue weighted by Gasteiger charge is 2.33. The number of aromatic amines is 1. The third-order valence-corrected chi connectivity index (χ3v) is 7.39. The second-order valence-corrected chi connectivity index (χ2v) is 11.3. The van der Waals surface area contributed by atoms with Crippen LogP contribution in [0, 0.1) is 11.8 Å². The normalized spacial score (nSPS) is 13.3. The molecule has 2 amide bonds. The van der Waals surface area contributed by atoms with Crippen LogP contribution in [0.25, 0.3) is 10.8 Å². The predicted molar refractivity (Wildman–Crippen MR) is 166 cm³/mol. The van der Waals surface area contributed by atoms with Gasteiger partial charge in [-0.05, 0) is 40.7 Å². The highest BCUT2D eigenvalue weighted by molar-refractivity contribution is 6.41. The molecule has 3 atom stereocenters. The van der Waals surface area contributed by atoms with Gasteiger partial charge in [0.15, 0.2) is 0 Å². The van der Waals surface area contributed by atoms with Gasteiger partial charge in [-0.1, -0.05) is 86.6 Å². The molecule has 1 aromatic heterocycles. The fourth-order valence-corrected chi connectivity index (χ4v) is 5.15. The minimum atomic E-state index is -1.06. The number of fused-ring (bicyclic) bond motifs is 1. The van der Waals surface area contributed by atoms with Gasteiger partial charge in [0.1, 0.15) is 0 Å². The largest absolute Gasteiger partial charge is 0.355 e. The highest BCUT2D eigenvalue weighted by Crippen LogP contribution is 2.19. The number of hydrogen-bond donors (Lipinski definition) is 4. The lowest BCUT2D eigenvalue weighted by atomic mass is 9.92. The molecule has 0 aliphatic carbocycles. The van der Waals surface area contributed by atoms with Crippen molar-refractivity contribution in [1.29, 1.82) is 0 Å². The molecule has 224 valence electrons. The van der Waals surface area contributed by atoms with Crippen LogP contribution in [0.5, 0.6) is 0 Å². The van der Waals surface area contributed by atoms with Gasteiger partial charge < -0.3 is 21.4 Å². The fraction of sp³-hybridized carbons (Fsp3) is 0.324. The number of nitrogens with two attached hydrogens (primary N) is 1. The summed E-state index contributed by atoms with van der Waals surface area (Å²) in [5, 5.41) is 7.80. The Kier molecular flexibility index (Phi) is 10.9. The van der Waals surface area contributed by atoms with Crippen molar-refractivity contribution in [1.82, 2.24) is 20.6 Å². The van der Waals surface area contributed by atoms with Crippen molar-refractivity contribution < 1.29 is 19.2 Å². The van der Waals surface area contributed by atoms with Crippen molar-refractivity contribution in [3.05, 3.63) is 102 Å². The molecule has 0 radical (unpaired) electrons. The van der Waals surface area contributed by atoms with Gasteiger partial charge in [0.05, 0.1) is 30.7 Å². The Morgan fingerprint density at radius 2 is 1.60 bits per heavy atom. The molecule has 9 heteroatoms. The number of nitrogens with zero attached hydrogens (tertiary/aromatic N) is 1. The van der Waals surface area contributed by atoms with Gasteiger partial charge in [-0.2, -0.15) is 0 Å². The zero-order chi connectivity index (χ0) is 30.8. The first-order valence-electron chi connectivity index (χ1n) is 14.6. The summed E-state index contributed by atoms with van der Waals surface area (Å²) in [4.78, 5) is 59.8.